The molecule has 2 rings (SSSR count). The van der Waals surface area contributed by atoms with Gasteiger partial charge in [-0.05, 0) is 45.1 Å². The first-order chi connectivity index (χ1) is 12.0. The maximum atomic E-state index is 5.20. The van der Waals surface area contributed by atoms with E-state index in [1.807, 2.05) is 13.8 Å². The molecular weight excluding hydrogens is 439 g/mol. The highest BCUT2D eigenvalue weighted by Crippen LogP contribution is 2.15. The van der Waals surface area contributed by atoms with Crippen molar-refractivity contribution < 1.29 is 4.52 Å². The number of benzene rings is 1. The second-order valence-corrected chi connectivity index (χ2v) is 6.60. The van der Waals surface area contributed by atoms with Crippen molar-refractivity contribution >= 4 is 29.9 Å². The molecule has 0 bridgehead atoms. The molecular formula is C20H31IN4O. The number of guanidine groups is 1. The van der Waals surface area contributed by atoms with Crippen LogP contribution in [-0.4, -0.2) is 31.3 Å². The van der Waals surface area contributed by atoms with Crippen LogP contribution < -0.4 is 10.6 Å². The maximum absolute atomic E-state index is 5.20. The van der Waals surface area contributed by atoms with Crippen molar-refractivity contribution in [2.24, 2.45) is 4.99 Å². The summed E-state index contributed by atoms with van der Waals surface area (Å²) in [5.74, 6) is 2.20. The van der Waals surface area contributed by atoms with Crippen LogP contribution in [-0.2, 0) is 6.42 Å². The Labute approximate surface area is 174 Å². The quantitative estimate of drug-likeness (QED) is 0.277. The minimum Gasteiger partial charge on any atom is -0.361 e. The highest BCUT2D eigenvalue weighted by Gasteiger charge is 2.09. The van der Waals surface area contributed by atoms with Crippen LogP contribution >= 0.6 is 24.0 Å². The van der Waals surface area contributed by atoms with Gasteiger partial charge in [-0.25, -0.2) is 0 Å². The first-order valence-electron chi connectivity index (χ1n) is 8.94. The zero-order valence-corrected chi connectivity index (χ0v) is 18.8. The summed E-state index contributed by atoms with van der Waals surface area (Å²) < 4.78 is 5.20. The molecule has 1 aromatic heterocycles. The fraction of sp³-hybridized carbons (Fsp3) is 0.500. The number of aromatic nitrogens is 1. The Hall–Kier alpha value is -1.57. The number of nitrogens with one attached hydrogen (secondary N) is 2. The Morgan fingerprint density at radius 3 is 2.42 bits per heavy atom. The second-order valence-electron chi connectivity index (χ2n) is 6.60. The summed E-state index contributed by atoms with van der Waals surface area (Å²) in [6, 6.07) is 8.71. The number of halogens is 1. The summed E-state index contributed by atoms with van der Waals surface area (Å²) in [7, 11) is 1.81. The first kappa shape index (κ1) is 22.5. The zero-order chi connectivity index (χ0) is 18.2. The lowest BCUT2D eigenvalue weighted by molar-refractivity contribution is 0.392. The van der Waals surface area contributed by atoms with Crippen molar-refractivity contribution in [1.29, 1.82) is 0 Å². The lowest BCUT2D eigenvalue weighted by Crippen LogP contribution is -2.39. The van der Waals surface area contributed by atoms with Gasteiger partial charge in [-0.15, -0.1) is 24.0 Å². The van der Waals surface area contributed by atoms with E-state index in [0.29, 0.717) is 5.92 Å². The molecule has 0 fully saturated rings. The SMILES string of the molecule is CN=C(NCCCc1c(C)noc1C)NCC(C)c1ccc(C)cc1.I. The highest BCUT2D eigenvalue weighted by molar-refractivity contribution is 14.0. The van der Waals surface area contributed by atoms with E-state index in [-0.39, 0.29) is 24.0 Å². The van der Waals surface area contributed by atoms with Crippen molar-refractivity contribution in [3.63, 3.8) is 0 Å². The van der Waals surface area contributed by atoms with Crippen molar-refractivity contribution in [3.8, 4) is 0 Å². The van der Waals surface area contributed by atoms with E-state index < -0.39 is 0 Å². The maximum Gasteiger partial charge on any atom is 0.190 e. The Morgan fingerprint density at radius 1 is 1.15 bits per heavy atom. The summed E-state index contributed by atoms with van der Waals surface area (Å²) >= 11 is 0. The minimum atomic E-state index is 0. The summed E-state index contributed by atoms with van der Waals surface area (Å²) in [4.78, 5) is 4.30. The van der Waals surface area contributed by atoms with E-state index in [1.54, 1.807) is 7.05 Å². The number of hydrogen-bond acceptors (Lipinski definition) is 3. The average molecular weight is 470 g/mol. The van der Waals surface area contributed by atoms with Crippen LogP contribution in [0.3, 0.4) is 0 Å². The molecule has 0 aliphatic rings. The number of rotatable bonds is 7. The molecule has 0 spiro atoms. The molecule has 6 heteroatoms. The van der Waals surface area contributed by atoms with Gasteiger partial charge in [0.05, 0.1) is 5.69 Å². The third kappa shape index (κ3) is 6.63. The molecule has 1 aromatic carbocycles. The first-order valence-corrected chi connectivity index (χ1v) is 8.94. The molecule has 0 saturated carbocycles. The number of aliphatic imine (C=N–C) groups is 1. The molecule has 1 unspecified atom stereocenters. The molecule has 5 nitrogen and oxygen atoms in total. The van der Waals surface area contributed by atoms with E-state index in [1.165, 1.54) is 16.7 Å². The Bertz CT molecular complexity index is 675. The van der Waals surface area contributed by atoms with Gasteiger partial charge in [0, 0.05) is 25.7 Å². The van der Waals surface area contributed by atoms with Crippen molar-refractivity contribution in [2.45, 2.75) is 46.5 Å². The van der Waals surface area contributed by atoms with Crippen LogP contribution in [0, 0.1) is 20.8 Å². The monoisotopic (exact) mass is 470 g/mol. The number of hydrogen-bond donors (Lipinski definition) is 2. The molecule has 0 aliphatic heterocycles. The minimum absolute atomic E-state index is 0. The smallest absolute Gasteiger partial charge is 0.190 e. The van der Waals surface area contributed by atoms with Gasteiger partial charge in [-0.1, -0.05) is 41.9 Å². The van der Waals surface area contributed by atoms with Gasteiger partial charge in [0.25, 0.3) is 0 Å². The molecule has 2 N–H and O–H groups in total. The Balaban J connectivity index is 0.00000338. The van der Waals surface area contributed by atoms with Gasteiger partial charge in [0.2, 0.25) is 0 Å². The Kier molecular flexibility index (Phi) is 9.69. The molecule has 144 valence electrons. The van der Waals surface area contributed by atoms with Crippen molar-refractivity contribution in [1.82, 2.24) is 15.8 Å². The van der Waals surface area contributed by atoms with Gasteiger partial charge in [-0.2, -0.15) is 0 Å². The van der Waals surface area contributed by atoms with Crippen LogP contribution in [0.2, 0.25) is 0 Å². The lowest BCUT2D eigenvalue weighted by atomic mass is 10.0. The molecule has 1 atom stereocenters. The molecule has 0 aliphatic carbocycles. The molecule has 0 amide bonds. The van der Waals surface area contributed by atoms with Crippen LogP contribution in [0.4, 0.5) is 0 Å². The predicted octanol–water partition coefficient (Wildman–Crippen LogP) is 4.12. The van der Waals surface area contributed by atoms with Crippen molar-refractivity contribution in [3.05, 3.63) is 52.4 Å². The van der Waals surface area contributed by atoms with Gasteiger partial charge >= 0.3 is 0 Å². The van der Waals surface area contributed by atoms with Crippen molar-refractivity contribution in [2.75, 3.05) is 20.1 Å². The zero-order valence-electron chi connectivity index (χ0n) is 16.4. The van der Waals surface area contributed by atoms with E-state index in [9.17, 15) is 0 Å². The third-order valence-corrected chi connectivity index (χ3v) is 4.52. The van der Waals surface area contributed by atoms with Crippen LogP contribution in [0.5, 0.6) is 0 Å². The molecule has 26 heavy (non-hydrogen) atoms. The second kappa shape index (κ2) is 11.2. The summed E-state index contributed by atoms with van der Waals surface area (Å²) in [5, 5.41) is 10.8. The molecule has 0 radical (unpaired) electrons. The third-order valence-electron chi connectivity index (χ3n) is 4.52. The van der Waals surface area contributed by atoms with E-state index >= 15 is 0 Å². The van der Waals surface area contributed by atoms with Gasteiger partial charge in [0.1, 0.15) is 5.76 Å². The summed E-state index contributed by atoms with van der Waals surface area (Å²) in [5.41, 5.74) is 4.84. The number of nitrogens with zero attached hydrogens (tertiary/aromatic N) is 2. The van der Waals surface area contributed by atoms with E-state index in [0.717, 1.165) is 43.3 Å². The molecule has 1 heterocycles. The number of aryl methyl sites for hydroxylation is 3. The van der Waals surface area contributed by atoms with Gasteiger partial charge < -0.3 is 15.2 Å². The van der Waals surface area contributed by atoms with Crippen LogP contribution in [0.15, 0.2) is 33.8 Å². The van der Waals surface area contributed by atoms with Crippen LogP contribution in [0.25, 0.3) is 0 Å². The highest BCUT2D eigenvalue weighted by atomic mass is 127. The average Bonchev–Trinajstić information content (AvgIpc) is 2.93. The van der Waals surface area contributed by atoms with E-state index in [4.69, 9.17) is 4.52 Å². The van der Waals surface area contributed by atoms with Crippen LogP contribution in [0.1, 0.15) is 47.4 Å². The fourth-order valence-corrected chi connectivity index (χ4v) is 2.81. The lowest BCUT2D eigenvalue weighted by Gasteiger charge is -2.16. The van der Waals surface area contributed by atoms with Gasteiger partial charge in [0.15, 0.2) is 5.96 Å². The Morgan fingerprint density at radius 2 is 1.85 bits per heavy atom. The normalized spacial score (nSPS) is 12.4. The largest absolute Gasteiger partial charge is 0.361 e. The fourth-order valence-electron chi connectivity index (χ4n) is 2.81. The van der Waals surface area contributed by atoms with Gasteiger partial charge in [-0.3, -0.25) is 4.99 Å². The molecule has 2 aromatic rings. The summed E-state index contributed by atoms with van der Waals surface area (Å²) in [6.45, 7) is 10.0. The standard InChI is InChI=1S/C20H30N4O.HI/c1-14-8-10-18(11-9-14)15(2)13-23-20(21-5)22-12-6-7-19-16(3)24-25-17(19)4;/h8-11,15H,6-7,12-13H2,1-5H3,(H2,21,22,23);1H. The predicted molar refractivity (Wildman–Crippen MR) is 119 cm³/mol. The topological polar surface area (TPSA) is 62.5 Å². The van der Waals surface area contributed by atoms with E-state index in [2.05, 4.69) is 58.9 Å². The molecule has 0 saturated heterocycles. The summed E-state index contributed by atoms with van der Waals surface area (Å²) in [6.07, 6.45) is 1.97.